The third-order valence-electron chi connectivity index (χ3n) is 2.00. The van der Waals surface area contributed by atoms with Crippen LogP contribution in [0.3, 0.4) is 0 Å². The molecule has 2 heteroatoms. The van der Waals surface area contributed by atoms with Crippen molar-refractivity contribution in [1.82, 2.24) is 0 Å². The summed E-state index contributed by atoms with van der Waals surface area (Å²) in [5.41, 5.74) is 1.38. The third kappa shape index (κ3) is 1.27. The topological polar surface area (TPSA) is 17.1 Å². The van der Waals surface area contributed by atoms with Gasteiger partial charge in [-0.25, -0.2) is 0 Å². The first kappa shape index (κ1) is 7.87. The predicted molar refractivity (Wildman–Crippen MR) is 51.7 cm³/mol. The Hall–Kier alpha value is -0.760. The average Bonchev–Trinajstić information content (AvgIpc) is 2.33. The number of hydrogen-bond acceptors (Lipinski definition) is 2. The molecule has 1 unspecified atom stereocenters. The van der Waals surface area contributed by atoms with Gasteiger partial charge in [-0.05, 0) is 18.1 Å². The monoisotopic (exact) mass is 178 g/mol. The summed E-state index contributed by atoms with van der Waals surface area (Å²) in [7, 11) is 0. The molecule has 0 aliphatic carbocycles. The molecule has 0 saturated heterocycles. The van der Waals surface area contributed by atoms with Gasteiger partial charge in [0.05, 0.1) is 4.90 Å². The zero-order valence-corrected chi connectivity index (χ0v) is 7.73. The molecule has 0 radical (unpaired) electrons. The summed E-state index contributed by atoms with van der Waals surface area (Å²) in [6.07, 6.45) is 1.03. The molecule has 0 saturated carbocycles. The molecule has 1 atom stereocenters. The quantitative estimate of drug-likeness (QED) is 0.605. The Morgan fingerprint density at radius 3 is 3.00 bits per heavy atom. The molecule has 0 bridgehead atoms. The second-order valence-electron chi connectivity index (χ2n) is 3.07. The van der Waals surface area contributed by atoms with Crippen LogP contribution in [-0.4, -0.2) is 5.25 Å². The fourth-order valence-electron chi connectivity index (χ4n) is 1.47. The zero-order chi connectivity index (χ0) is 8.55. The lowest BCUT2D eigenvalue weighted by atomic mass is 10.2. The van der Waals surface area contributed by atoms with E-state index >= 15 is 0 Å². The van der Waals surface area contributed by atoms with Crippen molar-refractivity contribution in [2.24, 2.45) is 0 Å². The molecule has 0 N–H and O–H groups in total. The Kier molecular flexibility index (Phi) is 1.93. The van der Waals surface area contributed by atoms with E-state index in [-0.39, 0.29) is 5.43 Å². The van der Waals surface area contributed by atoms with E-state index in [0.29, 0.717) is 5.25 Å². The maximum absolute atomic E-state index is 11.4. The zero-order valence-electron chi connectivity index (χ0n) is 6.91. The van der Waals surface area contributed by atoms with E-state index in [1.807, 2.05) is 18.2 Å². The van der Waals surface area contributed by atoms with Crippen LogP contribution in [0.25, 0.3) is 0 Å². The molecule has 0 amide bonds. The van der Waals surface area contributed by atoms with Crippen LogP contribution >= 0.6 is 11.8 Å². The lowest BCUT2D eigenvalue weighted by molar-refractivity contribution is 0.960. The molecule has 2 rings (SSSR count). The van der Waals surface area contributed by atoms with Crippen molar-refractivity contribution in [3.63, 3.8) is 0 Å². The Labute approximate surface area is 75.8 Å². The van der Waals surface area contributed by atoms with Gasteiger partial charge in [-0.15, -0.1) is 11.8 Å². The van der Waals surface area contributed by atoms with E-state index in [0.717, 1.165) is 11.3 Å². The van der Waals surface area contributed by atoms with Gasteiger partial charge in [0.2, 0.25) is 0 Å². The molecule has 62 valence electrons. The Balaban J connectivity index is 2.64. The summed E-state index contributed by atoms with van der Waals surface area (Å²) in [5.74, 6) is 0. The van der Waals surface area contributed by atoms with Crippen LogP contribution in [-0.2, 0) is 6.42 Å². The summed E-state index contributed by atoms with van der Waals surface area (Å²) in [4.78, 5) is 12.4. The second kappa shape index (κ2) is 2.94. The van der Waals surface area contributed by atoms with Gasteiger partial charge in [0.25, 0.3) is 0 Å². The van der Waals surface area contributed by atoms with E-state index < -0.39 is 0 Å². The lowest BCUT2D eigenvalue weighted by Crippen LogP contribution is -1.96. The molecule has 1 aromatic rings. The highest BCUT2D eigenvalue weighted by Crippen LogP contribution is 2.33. The summed E-state index contributed by atoms with van der Waals surface area (Å²) in [6, 6.07) is 7.45. The van der Waals surface area contributed by atoms with Crippen molar-refractivity contribution in [1.29, 1.82) is 0 Å². The Morgan fingerprint density at radius 1 is 1.42 bits per heavy atom. The molecular weight excluding hydrogens is 168 g/mol. The minimum absolute atomic E-state index is 0.171. The minimum Gasteiger partial charge on any atom is -0.289 e. The van der Waals surface area contributed by atoms with Crippen LogP contribution in [0.2, 0.25) is 0 Å². The maximum atomic E-state index is 11.4. The van der Waals surface area contributed by atoms with Crippen molar-refractivity contribution in [3.05, 3.63) is 40.1 Å². The predicted octanol–water partition coefficient (Wildman–Crippen LogP) is 2.08. The molecule has 0 fully saturated rings. The second-order valence-corrected chi connectivity index (χ2v) is 4.52. The van der Waals surface area contributed by atoms with Gasteiger partial charge >= 0.3 is 0 Å². The van der Waals surface area contributed by atoms with Gasteiger partial charge in [0, 0.05) is 5.25 Å². The minimum atomic E-state index is 0.171. The highest BCUT2D eigenvalue weighted by Gasteiger charge is 2.19. The molecule has 1 aromatic carbocycles. The summed E-state index contributed by atoms with van der Waals surface area (Å²) in [5, 5.41) is 0.565. The van der Waals surface area contributed by atoms with E-state index in [9.17, 15) is 4.79 Å². The van der Waals surface area contributed by atoms with Crippen molar-refractivity contribution in [2.45, 2.75) is 23.5 Å². The molecule has 0 spiro atoms. The molecular formula is C10H10OS. The van der Waals surface area contributed by atoms with Crippen LogP contribution < -0.4 is 5.43 Å². The molecule has 1 aliphatic rings. The van der Waals surface area contributed by atoms with Gasteiger partial charge in [0.15, 0.2) is 5.43 Å². The van der Waals surface area contributed by atoms with E-state index in [1.54, 1.807) is 17.8 Å². The van der Waals surface area contributed by atoms with Crippen LogP contribution in [0.5, 0.6) is 0 Å². The van der Waals surface area contributed by atoms with Crippen LogP contribution in [0.1, 0.15) is 12.5 Å². The number of hydrogen-bond donors (Lipinski definition) is 0. The van der Waals surface area contributed by atoms with E-state index in [1.165, 1.54) is 5.56 Å². The van der Waals surface area contributed by atoms with Gasteiger partial charge < -0.3 is 0 Å². The standard InChI is InChI=1S/C10H10OS/c1-7-6-8-4-2-3-5-9(11)10(8)12-7/h2-5,7H,6H2,1H3. The van der Waals surface area contributed by atoms with Gasteiger partial charge in [-0.3, -0.25) is 4.79 Å². The average molecular weight is 178 g/mol. The van der Waals surface area contributed by atoms with Crippen LogP contribution in [0, 0.1) is 0 Å². The molecule has 0 aromatic heterocycles. The Bertz CT molecular complexity index is 359. The first-order valence-electron chi connectivity index (χ1n) is 4.06. The molecule has 1 nitrogen and oxygen atoms in total. The van der Waals surface area contributed by atoms with Gasteiger partial charge in [0.1, 0.15) is 0 Å². The van der Waals surface area contributed by atoms with Crippen molar-refractivity contribution < 1.29 is 0 Å². The van der Waals surface area contributed by atoms with Crippen molar-refractivity contribution in [3.8, 4) is 0 Å². The van der Waals surface area contributed by atoms with Crippen molar-refractivity contribution >= 4 is 11.8 Å². The fourth-order valence-corrected chi connectivity index (χ4v) is 2.62. The van der Waals surface area contributed by atoms with E-state index in [2.05, 4.69) is 6.92 Å². The lowest BCUT2D eigenvalue weighted by Gasteiger charge is -1.93. The summed E-state index contributed by atoms with van der Waals surface area (Å²) in [6.45, 7) is 2.16. The number of thioether (sulfide) groups is 1. The summed E-state index contributed by atoms with van der Waals surface area (Å²) >= 11 is 1.70. The van der Waals surface area contributed by atoms with Gasteiger partial charge in [-0.2, -0.15) is 0 Å². The highest BCUT2D eigenvalue weighted by molar-refractivity contribution is 8.00. The first-order valence-corrected chi connectivity index (χ1v) is 4.94. The normalized spacial score (nSPS) is 20.6. The fraction of sp³-hybridized carbons (Fsp3) is 0.300. The molecule has 1 aliphatic heterocycles. The smallest absolute Gasteiger partial charge is 0.192 e. The first-order chi connectivity index (χ1) is 5.77. The van der Waals surface area contributed by atoms with Gasteiger partial charge in [-0.1, -0.05) is 25.1 Å². The van der Waals surface area contributed by atoms with E-state index in [4.69, 9.17) is 0 Å². The van der Waals surface area contributed by atoms with Crippen LogP contribution in [0.4, 0.5) is 0 Å². The Morgan fingerprint density at radius 2 is 2.17 bits per heavy atom. The van der Waals surface area contributed by atoms with Crippen molar-refractivity contribution in [2.75, 3.05) is 0 Å². The maximum Gasteiger partial charge on any atom is 0.192 e. The summed E-state index contributed by atoms with van der Waals surface area (Å²) < 4.78 is 0. The van der Waals surface area contributed by atoms with Crippen LogP contribution in [0.15, 0.2) is 34.0 Å². The number of fused-ring (bicyclic) bond motifs is 1. The third-order valence-corrected chi connectivity index (χ3v) is 3.27. The molecule has 12 heavy (non-hydrogen) atoms. The largest absolute Gasteiger partial charge is 0.289 e. The number of rotatable bonds is 0. The highest BCUT2D eigenvalue weighted by atomic mass is 32.2. The molecule has 1 heterocycles. The SMILES string of the molecule is CC1Cc2ccccc(=O)c2S1.